The Kier molecular flexibility index (Phi) is 4.18. The van der Waals surface area contributed by atoms with Gasteiger partial charge in [-0.1, -0.05) is 19.1 Å². The van der Waals surface area contributed by atoms with E-state index in [9.17, 15) is 4.79 Å². The van der Waals surface area contributed by atoms with Crippen LogP contribution in [0, 0.1) is 0 Å². The van der Waals surface area contributed by atoms with Crippen molar-refractivity contribution in [2.75, 3.05) is 12.3 Å². The minimum atomic E-state index is -0.0157. The molecule has 100 valence electrons. The Balaban J connectivity index is 2.14. The molecule has 1 aromatic heterocycles. The average molecular weight is 258 g/mol. The van der Waals surface area contributed by atoms with Crippen molar-refractivity contribution in [2.24, 2.45) is 0 Å². The largest absolute Gasteiger partial charge is 0.399 e. The van der Waals surface area contributed by atoms with E-state index < -0.39 is 0 Å². The van der Waals surface area contributed by atoms with Crippen LogP contribution in [-0.4, -0.2) is 27.5 Å². The van der Waals surface area contributed by atoms with Crippen LogP contribution >= 0.6 is 0 Å². The molecule has 5 heteroatoms. The second-order valence-corrected chi connectivity index (χ2v) is 4.46. The van der Waals surface area contributed by atoms with Gasteiger partial charge in [-0.05, 0) is 24.1 Å². The average Bonchev–Trinajstić information content (AvgIpc) is 2.91. The number of H-pyrrole nitrogens is 1. The highest BCUT2D eigenvalue weighted by Crippen LogP contribution is 2.12. The summed E-state index contributed by atoms with van der Waals surface area (Å²) in [5.41, 5.74) is 8.09. The number of nitrogen functional groups attached to an aromatic ring is 1. The summed E-state index contributed by atoms with van der Waals surface area (Å²) >= 11 is 0. The number of carbonyl (C=O) groups excluding carboxylic acids is 1. The fourth-order valence-electron chi connectivity index (χ4n) is 1.98. The molecule has 1 heterocycles. The summed E-state index contributed by atoms with van der Waals surface area (Å²) in [7, 11) is 0. The maximum Gasteiger partial charge on any atom is 0.257 e. The lowest BCUT2D eigenvalue weighted by Crippen LogP contribution is -2.31. The molecular weight excluding hydrogens is 240 g/mol. The fraction of sp³-hybridized carbons (Fsp3) is 0.286. The van der Waals surface area contributed by atoms with Gasteiger partial charge in [0, 0.05) is 25.0 Å². The van der Waals surface area contributed by atoms with E-state index in [2.05, 4.69) is 17.1 Å². The van der Waals surface area contributed by atoms with Gasteiger partial charge in [0.2, 0.25) is 0 Å². The van der Waals surface area contributed by atoms with Gasteiger partial charge < -0.3 is 10.6 Å². The molecule has 0 saturated heterocycles. The molecule has 1 aromatic carbocycles. The Bertz CT molecular complexity index is 536. The first-order valence-corrected chi connectivity index (χ1v) is 6.33. The van der Waals surface area contributed by atoms with Crippen molar-refractivity contribution in [3.63, 3.8) is 0 Å². The van der Waals surface area contributed by atoms with E-state index in [0.29, 0.717) is 24.3 Å². The predicted molar refractivity (Wildman–Crippen MR) is 74.5 cm³/mol. The number of hydrogen-bond acceptors (Lipinski definition) is 3. The molecule has 0 aliphatic carbocycles. The third kappa shape index (κ3) is 3.34. The number of nitrogens with two attached hydrogens (primary N) is 1. The van der Waals surface area contributed by atoms with Gasteiger partial charge in [0.15, 0.2) is 0 Å². The first-order chi connectivity index (χ1) is 9.20. The van der Waals surface area contributed by atoms with Gasteiger partial charge in [0.05, 0.1) is 11.8 Å². The van der Waals surface area contributed by atoms with Crippen molar-refractivity contribution in [2.45, 2.75) is 19.9 Å². The zero-order chi connectivity index (χ0) is 13.7. The quantitative estimate of drug-likeness (QED) is 0.806. The molecule has 2 aromatic rings. The summed E-state index contributed by atoms with van der Waals surface area (Å²) in [4.78, 5) is 14.1. The van der Waals surface area contributed by atoms with Crippen molar-refractivity contribution in [1.82, 2.24) is 15.1 Å². The van der Waals surface area contributed by atoms with Crippen LogP contribution in [0.25, 0.3) is 0 Å². The standard InChI is InChI=1S/C14H18N4O/c1-2-6-18(14(19)12-8-16-17-9-12)10-11-4-3-5-13(15)7-11/h3-5,7-9H,2,6,10,15H2,1H3,(H,16,17). The number of aromatic nitrogens is 2. The number of aromatic amines is 1. The lowest BCUT2D eigenvalue weighted by atomic mass is 10.1. The van der Waals surface area contributed by atoms with Gasteiger partial charge in [-0.15, -0.1) is 0 Å². The maximum atomic E-state index is 12.3. The highest BCUT2D eigenvalue weighted by atomic mass is 16.2. The summed E-state index contributed by atoms with van der Waals surface area (Å²) in [5.74, 6) is -0.0157. The van der Waals surface area contributed by atoms with Crippen LogP contribution in [0.4, 0.5) is 5.69 Å². The van der Waals surface area contributed by atoms with E-state index >= 15 is 0 Å². The Morgan fingerprint density at radius 2 is 2.32 bits per heavy atom. The van der Waals surface area contributed by atoms with Gasteiger partial charge in [-0.2, -0.15) is 5.10 Å². The van der Waals surface area contributed by atoms with Crippen LogP contribution in [0.2, 0.25) is 0 Å². The van der Waals surface area contributed by atoms with Gasteiger partial charge in [-0.25, -0.2) is 0 Å². The summed E-state index contributed by atoms with van der Waals surface area (Å²) < 4.78 is 0. The number of nitrogens with zero attached hydrogens (tertiary/aromatic N) is 2. The molecule has 0 aliphatic heterocycles. The van der Waals surface area contributed by atoms with Crippen molar-refractivity contribution in [3.8, 4) is 0 Å². The molecular formula is C14H18N4O. The van der Waals surface area contributed by atoms with Crippen LogP contribution < -0.4 is 5.73 Å². The lowest BCUT2D eigenvalue weighted by Gasteiger charge is -2.21. The molecule has 0 bridgehead atoms. The second kappa shape index (κ2) is 6.04. The highest BCUT2D eigenvalue weighted by Gasteiger charge is 2.16. The molecule has 3 N–H and O–H groups in total. The van der Waals surface area contributed by atoms with Gasteiger partial charge in [0.1, 0.15) is 0 Å². The van der Waals surface area contributed by atoms with E-state index in [1.165, 1.54) is 0 Å². The minimum Gasteiger partial charge on any atom is -0.399 e. The van der Waals surface area contributed by atoms with Crippen LogP contribution in [0.15, 0.2) is 36.7 Å². The van der Waals surface area contributed by atoms with Crippen LogP contribution in [0.3, 0.4) is 0 Å². The van der Waals surface area contributed by atoms with Crippen molar-refractivity contribution in [3.05, 3.63) is 47.8 Å². The minimum absolute atomic E-state index is 0.0157. The Labute approximate surface area is 112 Å². The smallest absolute Gasteiger partial charge is 0.257 e. The molecule has 0 aliphatic rings. The molecule has 1 amide bonds. The topological polar surface area (TPSA) is 75.0 Å². The molecule has 0 atom stereocenters. The third-order valence-corrected chi connectivity index (χ3v) is 2.85. The highest BCUT2D eigenvalue weighted by molar-refractivity contribution is 5.93. The summed E-state index contributed by atoms with van der Waals surface area (Å²) in [6.45, 7) is 3.32. The monoisotopic (exact) mass is 258 g/mol. The molecule has 0 unspecified atom stereocenters. The van der Waals surface area contributed by atoms with Gasteiger partial charge in [-0.3, -0.25) is 9.89 Å². The number of anilines is 1. The number of amides is 1. The first-order valence-electron chi connectivity index (χ1n) is 6.33. The SMILES string of the molecule is CCCN(Cc1cccc(N)c1)C(=O)c1cn[nH]c1. The van der Waals surface area contributed by atoms with E-state index in [4.69, 9.17) is 5.73 Å². The summed E-state index contributed by atoms with van der Waals surface area (Å²) in [6.07, 6.45) is 4.07. The van der Waals surface area contributed by atoms with Gasteiger partial charge >= 0.3 is 0 Å². The molecule has 5 nitrogen and oxygen atoms in total. The number of hydrogen-bond donors (Lipinski definition) is 2. The third-order valence-electron chi connectivity index (χ3n) is 2.85. The van der Waals surface area contributed by atoms with Crippen molar-refractivity contribution < 1.29 is 4.79 Å². The number of carbonyl (C=O) groups is 1. The van der Waals surface area contributed by atoms with E-state index in [1.807, 2.05) is 24.3 Å². The number of rotatable bonds is 5. The lowest BCUT2D eigenvalue weighted by molar-refractivity contribution is 0.0743. The van der Waals surface area contributed by atoms with E-state index in [1.54, 1.807) is 17.3 Å². The Hall–Kier alpha value is -2.30. The Morgan fingerprint density at radius 3 is 2.95 bits per heavy atom. The zero-order valence-corrected chi connectivity index (χ0v) is 11.0. The normalized spacial score (nSPS) is 10.4. The van der Waals surface area contributed by atoms with Crippen LogP contribution in [0.1, 0.15) is 29.3 Å². The molecule has 0 spiro atoms. The maximum absolute atomic E-state index is 12.3. The zero-order valence-electron chi connectivity index (χ0n) is 11.0. The van der Waals surface area contributed by atoms with Crippen molar-refractivity contribution >= 4 is 11.6 Å². The van der Waals surface area contributed by atoms with E-state index in [0.717, 1.165) is 12.0 Å². The Morgan fingerprint density at radius 1 is 1.47 bits per heavy atom. The predicted octanol–water partition coefficient (Wildman–Crippen LogP) is 2.04. The molecule has 0 saturated carbocycles. The van der Waals surface area contributed by atoms with Gasteiger partial charge in [0.25, 0.3) is 5.91 Å². The van der Waals surface area contributed by atoms with Crippen LogP contribution in [-0.2, 0) is 6.54 Å². The molecule has 0 fully saturated rings. The van der Waals surface area contributed by atoms with Crippen molar-refractivity contribution in [1.29, 1.82) is 0 Å². The van der Waals surface area contributed by atoms with E-state index in [-0.39, 0.29) is 5.91 Å². The molecule has 19 heavy (non-hydrogen) atoms. The number of benzene rings is 1. The molecule has 2 rings (SSSR count). The number of nitrogens with one attached hydrogen (secondary N) is 1. The first kappa shape index (κ1) is 13.1. The summed E-state index contributed by atoms with van der Waals surface area (Å²) in [5, 5.41) is 6.48. The van der Waals surface area contributed by atoms with Crippen LogP contribution in [0.5, 0.6) is 0 Å². The fourth-order valence-corrected chi connectivity index (χ4v) is 1.98. The summed E-state index contributed by atoms with van der Waals surface area (Å²) in [6, 6.07) is 7.61. The molecule has 0 radical (unpaired) electrons. The second-order valence-electron chi connectivity index (χ2n) is 4.46.